The molecule has 0 radical (unpaired) electrons. The average Bonchev–Trinajstić information content (AvgIpc) is 3.13. The molecule has 306 valence electrons. The van der Waals surface area contributed by atoms with Crippen molar-refractivity contribution in [2.45, 2.75) is 251 Å². The highest BCUT2D eigenvalue weighted by Crippen LogP contribution is 2.17. The van der Waals surface area contributed by atoms with E-state index in [1.165, 1.54) is 128 Å². The van der Waals surface area contributed by atoms with E-state index in [4.69, 9.17) is 4.74 Å². The lowest BCUT2D eigenvalue weighted by molar-refractivity contribution is -0.150. The summed E-state index contributed by atoms with van der Waals surface area (Å²) in [7, 11) is 0. The number of rotatable bonds is 40. The third-order valence-electron chi connectivity index (χ3n) is 10.3. The Morgan fingerprint density at radius 3 is 1.46 bits per heavy atom. The van der Waals surface area contributed by atoms with Gasteiger partial charge in [-0.1, -0.05) is 199 Å². The van der Waals surface area contributed by atoms with Crippen molar-refractivity contribution in [3.8, 4) is 0 Å². The largest absolute Gasteiger partial charge is 0.462 e. The Kier molecular flexibility index (Phi) is 39.2. The number of ether oxygens (including phenoxy) is 1. The molecule has 0 rings (SSSR count). The zero-order valence-corrected chi connectivity index (χ0v) is 34.7. The molecule has 0 aromatic rings. The quantitative estimate of drug-likeness (QED) is 0.0331. The summed E-state index contributed by atoms with van der Waals surface area (Å²) in [4.78, 5) is 25.8. The lowest BCUT2D eigenvalue weighted by atomic mass is 10.0. The number of nitrogens with one attached hydrogen (secondary N) is 1. The summed E-state index contributed by atoms with van der Waals surface area (Å²) in [6.07, 6.45) is 44.0. The van der Waals surface area contributed by atoms with Gasteiger partial charge in [-0.25, -0.2) is 0 Å². The number of aliphatic hydroxyl groups is 2. The van der Waals surface area contributed by atoms with Crippen molar-refractivity contribution in [3.63, 3.8) is 0 Å². The van der Waals surface area contributed by atoms with E-state index in [9.17, 15) is 19.8 Å². The van der Waals surface area contributed by atoms with E-state index in [1.54, 1.807) is 0 Å². The molecule has 3 N–H and O–H groups in total. The Morgan fingerprint density at radius 1 is 0.558 bits per heavy atom. The number of hydrogen-bond donors (Lipinski definition) is 3. The van der Waals surface area contributed by atoms with Crippen molar-refractivity contribution >= 4 is 11.9 Å². The van der Waals surface area contributed by atoms with Crippen LogP contribution in [-0.4, -0.2) is 46.9 Å². The first-order valence-electron chi connectivity index (χ1n) is 22.6. The first-order chi connectivity index (χ1) is 25.5. The number of hydrogen-bond acceptors (Lipinski definition) is 5. The molecule has 0 spiro atoms. The third-order valence-corrected chi connectivity index (χ3v) is 10.3. The van der Waals surface area contributed by atoms with Crippen LogP contribution in [0.3, 0.4) is 0 Å². The zero-order valence-electron chi connectivity index (χ0n) is 34.7. The van der Waals surface area contributed by atoms with E-state index < -0.39 is 18.2 Å². The Balaban J connectivity index is 4.50. The topological polar surface area (TPSA) is 95.9 Å². The van der Waals surface area contributed by atoms with E-state index in [0.717, 1.165) is 51.4 Å². The molecule has 0 fully saturated rings. The van der Waals surface area contributed by atoms with Crippen LogP contribution in [0.1, 0.15) is 233 Å². The van der Waals surface area contributed by atoms with Crippen molar-refractivity contribution in [3.05, 3.63) is 24.3 Å². The molecule has 0 heterocycles. The lowest BCUT2D eigenvalue weighted by Crippen LogP contribution is -2.46. The highest BCUT2D eigenvalue weighted by atomic mass is 16.5. The van der Waals surface area contributed by atoms with Gasteiger partial charge < -0.3 is 20.3 Å². The van der Waals surface area contributed by atoms with E-state index in [2.05, 4.69) is 44.3 Å². The maximum absolute atomic E-state index is 13.0. The second-order valence-electron chi connectivity index (χ2n) is 15.5. The normalized spacial score (nSPS) is 13.6. The molecule has 6 heteroatoms. The van der Waals surface area contributed by atoms with Crippen LogP contribution in [0.4, 0.5) is 0 Å². The Bertz CT molecular complexity index is 828. The number of carbonyl (C=O) groups is 2. The summed E-state index contributed by atoms with van der Waals surface area (Å²) in [5.41, 5.74) is 0. The molecule has 0 aliphatic heterocycles. The van der Waals surface area contributed by atoms with Gasteiger partial charge in [0.2, 0.25) is 5.91 Å². The molecule has 0 saturated carbocycles. The van der Waals surface area contributed by atoms with Crippen LogP contribution < -0.4 is 5.32 Å². The number of amides is 1. The zero-order chi connectivity index (χ0) is 38.2. The van der Waals surface area contributed by atoms with Crippen LogP contribution in [0.25, 0.3) is 0 Å². The minimum absolute atomic E-state index is 0.0583. The summed E-state index contributed by atoms with van der Waals surface area (Å²) >= 11 is 0. The van der Waals surface area contributed by atoms with Crippen LogP contribution in [-0.2, 0) is 14.3 Å². The summed E-state index contributed by atoms with van der Waals surface area (Å²) in [5.74, 6) is -0.554. The number of aliphatic hydroxyl groups excluding tert-OH is 2. The first-order valence-corrected chi connectivity index (χ1v) is 22.6. The minimum Gasteiger partial charge on any atom is -0.462 e. The van der Waals surface area contributed by atoms with Gasteiger partial charge in [0.15, 0.2) is 0 Å². The fourth-order valence-corrected chi connectivity index (χ4v) is 6.84. The van der Waals surface area contributed by atoms with Gasteiger partial charge in [-0.15, -0.1) is 0 Å². The molecule has 3 atom stereocenters. The summed E-state index contributed by atoms with van der Waals surface area (Å²) in [5, 5.41) is 23.6. The minimum atomic E-state index is -0.789. The van der Waals surface area contributed by atoms with Crippen LogP contribution in [0, 0.1) is 0 Å². The van der Waals surface area contributed by atoms with Gasteiger partial charge in [-0.3, -0.25) is 9.59 Å². The number of esters is 1. The predicted molar refractivity (Wildman–Crippen MR) is 223 cm³/mol. The molecule has 1 amide bonds. The molecule has 0 bridgehead atoms. The second-order valence-corrected chi connectivity index (χ2v) is 15.5. The molecule has 52 heavy (non-hydrogen) atoms. The fourth-order valence-electron chi connectivity index (χ4n) is 6.84. The van der Waals surface area contributed by atoms with Crippen molar-refractivity contribution in [2.24, 2.45) is 0 Å². The maximum atomic E-state index is 13.0. The number of allylic oxidation sites excluding steroid dienone is 4. The van der Waals surface area contributed by atoms with Gasteiger partial charge in [0, 0.05) is 6.42 Å². The monoisotopic (exact) mass is 734 g/mol. The van der Waals surface area contributed by atoms with Gasteiger partial charge in [-0.2, -0.15) is 0 Å². The lowest BCUT2D eigenvalue weighted by Gasteiger charge is -2.24. The number of unbranched alkanes of at least 4 members (excludes halogenated alkanes) is 24. The van der Waals surface area contributed by atoms with E-state index in [-0.39, 0.29) is 24.9 Å². The van der Waals surface area contributed by atoms with Crippen LogP contribution >= 0.6 is 0 Å². The SMILES string of the molecule is CCCCCCCC/C=C\C/C=C/CCC(=O)OC(CCCCCCCCC)CC(=O)NC(CO)C(O)CCCCCCCCCCCCCCC. The molecule has 0 aromatic carbocycles. The van der Waals surface area contributed by atoms with Crippen molar-refractivity contribution in [1.82, 2.24) is 5.32 Å². The molecule has 6 nitrogen and oxygen atoms in total. The van der Waals surface area contributed by atoms with Gasteiger partial charge in [0.05, 0.1) is 25.2 Å². The molecule has 0 saturated heterocycles. The first kappa shape index (κ1) is 50.3. The Labute approximate surface area is 322 Å². The fraction of sp³-hybridized carbons (Fsp3) is 0.870. The molecule has 3 unspecified atom stereocenters. The second kappa shape index (κ2) is 40.5. The van der Waals surface area contributed by atoms with Gasteiger partial charge in [0.25, 0.3) is 0 Å². The third kappa shape index (κ3) is 35.4. The predicted octanol–water partition coefficient (Wildman–Crippen LogP) is 12.8. The van der Waals surface area contributed by atoms with E-state index in [0.29, 0.717) is 25.7 Å². The summed E-state index contributed by atoms with van der Waals surface area (Å²) < 4.78 is 5.83. The maximum Gasteiger partial charge on any atom is 0.306 e. The van der Waals surface area contributed by atoms with Crippen molar-refractivity contribution in [1.29, 1.82) is 0 Å². The number of carbonyl (C=O) groups excluding carboxylic acids is 2. The van der Waals surface area contributed by atoms with Crippen LogP contribution in [0.15, 0.2) is 24.3 Å². The summed E-state index contributed by atoms with van der Waals surface area (Å²) in [6, 6.07) is -0.704. The van der Waals surface area contributed by atoms with E-state index >= 15 is 0 Å². The molecule has 0 aliphatic rings. The average molecular weight is 734 g/mol. The van der Waals surface area contributed by atoms with Crippen molar-refractivity contribution in [2.75, 3.05) is 6.61 Å². The van der Waals surface area contributed by atoms with Gasteiger partial charge in [0.1, 0.15) is 6.10 Å². The van der Waals surface area contributed by atoms with Crippen molar-refractivity contribution < 1.29 is 24.5 Å². The smallest absolute Gasteiger partial charge is 0.306 e. The molecular formula is C46H87NO5. The molecule has 0 aliphatic carbocycles. The highest BCUT2D eigenvalue weighted by Gasteiger charge is 2.24. The van der Waals surface area contributed by atoms with Crippen LogP contribution in [0.5, 0.6) is 0 Å². The summed E-state index contributed by atoms with van der Waals surface area (Å²) in [6.45, 7) is 6.42. The molecular weight excluding hydrogens is 647 g/mol. The van der Waals surface area contributed by atoms with Gasteiger partial charge in [-0.05, 0) is 44.9 Å². The standard InChI is InChI=1S/C46H87NO5/c1-4-7-10-13-16-18-20-22-24-26-29-32-35-38-44(49)43(41-48)47-45(50)40-42(37-34-31-28-15-12-9-6-3)52-46(51)39-36-33-30-27-25-23-21-19-17-14-11-8-5-2/h23,25,30,33,42-44,48-49H,4-22,24,26-29,31-32,34-41H2,1-3H3,(H,47,50)/b25-23-,33-30+. The Morgan fingerprint density at radius 2 is 0.981 bits per heavy atom. The van der Waals surface area contributed by atoms with E-state index in [1.807, 2.05) is 6.08 Å². The molecule has 0 aromatic heterocycles. The van der Waals surface area contributed by atoms with Gasteiger partial charge >= 0.3 is 5.97 Å². The highest BCUT2D eigenvalue weighted by molar-refractivity contribution is 5.77. The Hall–Kier alpha value is -1.66. The van der Waals surface area contributed by atoms with Crippen LogP contribution in [0.2, 0.25) is 0 Å².